The summed E-state index contributed by atoms with van der Waals surface area (Å²) in [5.74, 6) is -1.53. The van der Waals surface area contributed by atoms with Gasteiger partial charge in [-0.1, -0.05) is 13.0 Å². The Hall–Kier alpha value is -2.01. The van der Waals surface area contributed by atoms with Crippen molar-refractivity contribution in [1.82, 2.24) is 4.90 Å². The molecule has 0 aliphatic heterocycles. The Morgan fingerprint density at radius 3 is 2.45 bits per heavy atom. The average molecular weight is 279 g/mol. The maximum absolute atomic E-state index is 13.5. The molecule has 0 N–H and O–H groups in total. The van der Waals surface area contributed by atoms with Crippen molar-refractivity contribution in [3.05, 3.63) is 59.6 Å². The van der Waals surface area contributed by atoms with Gasteiger partial charge in [0.2, 0.25) is 0 Å². The van der Waals surface area contributed by atoms with Gasteiger partial charge in [-0.05, 0) is 30.8 Å². The molecule has 5 heteroatoms. The van der Waals surface area contributed by atoms with Crippen molar-refractivity contribution in [2.24, 2.45) is 0 Å². The van der Waals surface area contributed by atoms with E-state index in [1.54, 1.807) is 23.3 Å². The normalized spacial score (nSPS) is 11.0. The number of nitrogens with zero attached hydrogens (tertiary/aromatic N) is 1. The molecule has 0 aliphatic rings. The average Bonchev–Trinajstić information content (AvgIpc) is 2.90. The van der Waals surface area contributed by atoms with E-state index in [0.717, 1.165) is 12.1 Å². The van der Waals surface area contributed by atoms with Crippen LogP contribution in [0.2, 0.25) is 0 Å². The van der Waals surface area contributed by atoms with E-state index in [9.17, 15) is 13.6 Å². The van der Waals surface area contributed by atoms with E-state index in [0.29, 0.717) is 18.8 Å². The summed E-state index contributed by atoms with van der Waals surface area (Å²) in [6, 6.07) is 6.94. The van der Waals surface area contributed by atoms with Crippen LogP contribution in [0, 0.1) is 11.6 Å². The molecule has 20 heavy (non-hydrogen) atoms. The van der Waals surface area contributed by atoms with Gasteiger partial charge in [0.05, 0.1) is 24.9 Å². The fraction of sp³-hybridized carbons (Fsp3) is 0.267. The van der Waals surface area contributed by atoms with E-state index in [1.807, 2.05) is 6.92 Å². The number of likely N-dealkylation sites (N-methyl/N-ethyl adjacent to an activating group) is 1. The van der Waals surface area contributed by atoms with Crippen LogP contribution in [-0.2, 0) is 6.54 Å². The quantitative estimate of drug-likeness (QED) is 0.761. The molecule has 0 amide bonds. The highest BCUT2D eigenvalue weighted by Gasteiger charge is 2.19. The topological polar surface area (TPSA) is 33.5 Å². The second-order valence-corrected chi connectivity index (χ2v) is 4.40. The fourth-order valence-corrected chi connectivity index (χ4v) is 1.95. The summed E-state index contributed by atoms with van der Waals surface area (Å²) in [4.78, 5) is 13.8. The van der Waals surface area contributed by atoms with Crippen LogP contribution in [0.1, 0.15) is 23.0 Å². The number of ketones is 1. The molecule has 1 aromatic carbocycles. The Kier molecular flexibility index (Phi) is 4.63. The van der Waals surface area contributed by atoms with Gasteiger partial charge in [0.15, 0.2) is 5.78 Å². The van der Waals surface area contributed by atoms with E-state index in [4.69, 9.17) is 4.42 Å². The molecule has 1 aromatic heterocycles. The first-order valence-electron chi connectivity index (χ1n) is 6.33. The van der Waals surface area contributed by atoms with E-state index >= 15 is 0 Å². The number of furan rings is 1. The first kappa shape index (κ1) is 14.4. The van der Waals surface area contributed by atoms with Crippen molar-refractivity contribution in [2.45, 2.75) is 13.5 Å². The predicted octanol–water partition coefficient (Wildman–Crippen LogP) is 3.26. The summed E-state index contributed by atoms with van der Waals surface area (Å²) in [5.41, 5.74) is -0.481. The van der Waals surface area contributed by atoms with Crippen LogP contribution in [0.3, 0.4) is 0 Å². The molecular weight excluding hydrogens is 264 g/mol. The van der Waals surface area contributed by atoms with Gasteiger partial charge in [-0.15, -0.1) is 0 Å². The maximum Gasteiger partial charge on any atom is 0.182 e. The third-order valence-electron chi connectivity index (χ3n) is 3.02. The Balaban J connectivity index is 2.09. The Bertz CT molecular complexity index is 561. The monoisotopic (exact) mass is 279 g/mol. The third-order valence-corrected chi connectivity index (χ3v) is 3.02. The summed E-state index contributed by atoms with van der Waals surface area (Å²) in [6.07, 6.45) is 1.54. The number of carbonyl (C=O) groups excluding carboxylic acids is 1. The van der Waals surface area contributed by atoms with Crippen LogP contribution in [0.15, 0.2) is 41.0 Å². The lowest BCUT2D eigenvalue weighted by atomic mass is 10.1. The zero-order chi connectivity index (χ0) is 14.5. The van der Waals surface area contributed by atoms with Crippen molar-refractivity contribution in [3.63, 3.8) is 0 Å². The first-order valence-corrected chi connectivity index (χ1v) is 6.33. The van der Waals surface area contributed by atoms with Gasteiger partial charge < -0.3 is 4.42 Å². The molecule has 2 rings (SSSR count). The van der Waals surface area contributed by atoms with Crippen LogP contribution in [0.25, 0.3) is 0 Å². The number of hydrogen-bond donors (Lipinski definition) is 0. The minimum Gasteiger partial charge on any atom is -0.468 e. The highest BCUT2D eigenvalue weighted by Crippen LogP contribution is 2.14. The SMILES string of the molecule is CCN(CC(=O)c1c(F)cccc1F)Cc1ccco1. The lowest BCUT2D eigenvalue weighted by molar-refractivity contribution is 0.0916. The van der Waals surface area contributed by atoms with Gasteiger partial charge in [0.1, 0.15) is 17.4 Å². The van der Waals surface area contributed by atoms with Gasteiger partial charge in [-0.2, -0.15) is 0 Å². The van der Waals surface area contributed by atoms with Gasteiger partial charge in [0, 0.05) is 0 Å². The third kappa shape index (κ3) is 3.30. The Labute approximate surface area is 115 Å². The van der Waals surface area contributed by atoms with Crippen molar-refractivity contribution in [1.29, 1.82) is 0 Å². The number of halogens is 2. The number of benzene rings is 1. The fourth-order valence-electron chi connectivity index (χ4n) is 1.95. The standard InChI is InChI=1S/C15H15F2NO2/c1-2-18(9-11-5-4-8-20-11)10-14(19)15-12(16)6-3-7-13(15)17/h3-8H,2,9-10H2,1H3. The summed E-state index contributed by atoms with van der Waals surface area (Å²) in [7, 11) is 0. The molecule has 0 saturated heterocycles. The minimum absolute atomic E-state index is 0.0605. The van der Waals surface area contributed by atoms with E-state index in [2.05, 4.69) is 0 Å². The number of carbonyl (C=O) groups is 1. The van der Waals surface area contributed by atoms with Crippen LogP contribution in [-0.4, -0.2) is 23.8 Å². The largest absolute Gasteiger partial charge is 0.468 e. The maximum atomic E-state index is 13.5. The lowest BCUT2D eigenvalue weighted by Gasteiger charge is -2.18. The van der Waals surface area contributed by atoms with E-state index in [-0.39, 0.29) is 6.54 Å². The Morgan fingerprint density at radius 2 is 1.90 bits per heavy atom. The molecule has 106 valence electrons. The summed E-state index contributed by atoms with van der Waals surface area (Å²) in [5, 5.41) is 0. The molecule has 0 fully saturated rings. The zero-order valence-electron chi connectivity index (χ0n) is 11.1. The van der Waals surface area contributed by atoms with Crippen LogP contribution < -0.4 is 0 Å². The van der Waals surface area contributed by atoms with Gasteiger partial charge in [-0.25, -0.2) is 8.78 Å². The molecule has 0 atom stereocenters. The Morgan fingerprint density at radius 1 is 1.20 bits per heavy atom. The smallest absolute Gasteiger partial charge is 0.182 e. The lowest BCUT2D eigenvalue weighted by Crippen LogP contribution is -2.30. The number of rotatable bonds is 6. The number of Topliss-reactive ketones (excluding diaryl/α,β-unsaturated/α-hetero) is 1. The second-order valence-electron chi connectivity index (χ2n) is 4.40. The molecule has 0 aliphatic carbocycles. The van der Waals surface area contributed by atoms with Crippen LogP contribution in [0.5, 0.6) is 0 Å². The van der Waals surface area contributed by atoms with Crippen molar-refractivity contribution in [3.8, 4) is 0 Å². The van der Waals surface area contributed by atoms with E-state index in [1.165, 1.54) is 6.07 Å². The number of hydrogen-bond acceptors (Lipinski definition) is 3. The van der Waals surface area contributed by atoms with Crippen molar-refractivity contribution >= 4 is 5.78 Å². The summed E-state index contributed by atoms with van der Waals surface area (Å²) >= 11 is 0. The van der Waals surface area contributed by atoms with Crippen LogP contribution >= 0.6 is 0 Å². The van der Waals surface area contributed by atoms with Crippen LogP contribution in [0.4, 0.5) is 8.78 Å². The molecule has 0 unspecified atom stereocenters. The molecule has 1 heterocycles. The highest BCUT2D eigenvalue weighted by molar-refractivity contribution is 5.98. The minimum atomic E-state index is -0.830. The van der Waals surface area contributed by atoms with Gasteiger partial charge in [-0.3, -0.25) is 9.69 Å². The predicted molar refractivity (Wildman–Crippen MR) is 70.3 cm³/mol. The second kappa shape index (κ2) is 6.43. The molecule has 2 aromatic rings. The molecule has 0 spiro atoms. The molecule has 3 nitrogen and oxygen atoms in total. The van der Waals surface area contributed by atoms with E-state index < -0.39 is 23.0 Å². The highest BCUT2D eigenvalue weighted by atomic mass is 19.1. The van der Waals surface area contributed by atoms with Crippen molar-refractivity contribution in [2.75, 3.05) is 13.1 Å². The molecule has 0 radical (unpaired) electrons. The first-order chi connectivity index (χ1) is 9.61. The summed E-state index contributed by atoms with van der Waals surface area (Å²) in [6.45, 7) is 2.80. The zero-order valence-corrected chi connectivity index (χ0v) is 11.1. The summed E-state index contributed by atoms with van der Waals surface area (Å²) < 4.78 is 32.3. The molecule has 0 bridgehead atoms. The van der Waals surface area contributed by atoms with Gasteiger partial charge >= 0.3 is 0 Å². The van der Waals surface area contributed by atoms with Gasteiger partial charge in [0.25, 0.3) is 0 Å². The van der Waals surface area contributed by atoms with Crippen molar-refractivity contribution < 1.29 is 18.0 Å². The molecular formula is C15H15F2NO2. The molecule has 0 saturated carbocycles.